The van der Waals surface area contributed by atoms with Gasteiger partial charge in [-0.05, 0) is 18.6 Å². The van der Waals surface area contributed by atoms with Gasteiger partial charge in [0.25, 0.3) is 5.91 Å². The molecule has 2 fully saturated rings. The fourth-order valence-corrected chi connectivity index (χ4v) is 3.96. The van der Waals surface area contributed by atoms with Crippen LogP contribution in [0.3, 0.4) is 0 Å². The van der Waals surface area contributed by atoms with Crippen LogP contribution >= 0.6 is 11.3 Å². The van der Waals surface area contributed by atoms with Gasteiger partial charge >= 0.3 is 0 Å². The number of carbonyl (C=O) groups is 3. The quantitative estimate of drug-likeness (QED) is 0.777. The zero-order valence-electron chi connectivity index (χ0n) is 11.5. The number of likely N-dealkylation sites (tertiary alicyclic amines) is 1. The number of hydrogen-bond acceptors (Lipinski definition) is 6. The summed E-state index contributed by atoms with van der Waals surface area (Å²) in [5.41, 5.74) is -0.194. The molecule has 2 aromatic heterocycles. The molecular formula is C14H12N4O3S. The second-order valence-electron chi connectivity index (χ2n) is 5.66. The lowest BCUT2D eigenvalue weighted by Gasteiger charge is -2.19. The van der Waals surface area contributed by atoms with Crippen LogP contribution in [0.4, 0.5) is 0 Å². The average molecular weight is 316 g/mol. The third kappa shape index (κ3) is 1.91. The van der Waals surface area contributed by atoms with Crippen molar-refractivity contribution in [3.05, 3.63) is 23.3 Å². The van der Waals surface area contributed by atoms with Crippen molar-refractivity contribution in [2.24, 2.45) is 5.41 Å². The smallest absolute Gasteiger partial charge is 0.282 e. The number of thiazole rings is 1. The van der Waals surface area contributed by atoms with Gasteiger partial charge in [-0.2, -0.15) is 0 Å². The number of amides is 3. The van der Waals surface area contributed by atoms with Gasteiger partial charge in [-0.25, -0.2) is 9.97 Å². The Kier molecular flexibility index (Phi) is 2.77. The Balaban J connectivity index is 1.59. The summed E-state index contributed by atoms with van der Waals surface area (Å²) >= 11 is 1.29. The van der Waals surface area contributed by atoms with E-state index in [9.17, 15) is 14.4 Å². The predicted molar refractivity (Wildman–Crippen MR) is 78.1 cm³/mol. The molecule has 2 saturated heterocycles. The topological polar surface area (TPSA) is 92.3 Å². The van der Waals surface area contributed by atoms with Gasteiger partial charge in [0.05, 0.1) is 10.1 Å². The molecule has 1 spiro atoms. The highest BCUT2D eigenvalue weighted by molar-refractivity contribution is 7.20. The summed E-state index contributed by atoms with van der Waals surface area (Å²) in [6.45, 7) is 0.732. The molecule has 1 atom stereocenters. The molecule has 4 heterocycles. The Morgan fingerprint density at radius 3 is 3.00 bits per heavy atom. The number of aromatic nitrogens is 2. The van der Waals surface area contributed by atoms with Crippen LogP contribution in [0.2, 0.25) is 0 Å². The number of pyridine rings is 1. The van der Waals surface area contributed by atoms with Crippen molar-refractivity contribution in [1.82, 2.24) is 20.2 Å². The number of nitrogens with one attached hydrogen (secondary N) is 1. The maximum Gasteiger partial charge on any atom is 0.282 e. The van der Waals surface area contributed by atoms with Crippen molar-refractivity contribution in [3.63, 3.8) is 0 Å². The molecule has 1 unspecified atom stereocenters. The van der Waals surface area contributed by atoms with Crippen LogP contribution in [-0.2, 0) is 9.59 Å². The minimum atomic E-state index is -0.748. The molecule has 2 aliphatic heterocycles. The van der Waals surface area contributed by atoms with E-state index in [0.29, 0.717) is 23.6 Å². The molecule has 0 bridgehead atoms. The Hall–Kier alpha value is -2.35. The summed E-state index contributed by atoms with van der Waals surface area (Å²) in [4.78, 5) is 45.9. The van der Waals surface area contributed by atoms with Gasteiger partial charge in [0.15, 0.2) is 10.7 Å². The van der Waals surface area contributed by atoms with Crippen LogP contribution < -0.4 is 5.32 Å². The van der Waals surface area contributed by atoms with E-state index < -0.39 is 5.41 Å². The lowest BCUT2D eigenvalue weighted by molar-refractivity contribution is -0.128. The van der Waals surface area contributed by atoms with Crippen molar-refractivity contribution < 1.29 is 14.4 Å². The van der Waals surface area contributed by atoms with Crippen molar-refractivity contribution in [3.8, 4) is 0 Å². The monoisotopic (exact) mass is 316 g/mol. The fraction of sp³-hybridized carbons (Fsp3) is 0.357. The van der Waals surface area contributed by atoms with Crippen LogP contribution in [0.1, 0.15) is 22.6 Å². The van der Waals surface area contributed by atoms with E-state index in [-0.39, 0.29) is 30.7 Å². The molecule has 0 saturated carbocycles. The number of rotatable bonds is 1. The van der Waals surface area contributed by atoms with E-state index in [1.807, 2.05) is 6.07 Å². The van der Waals surface area contributed by atoms with Gasteiger partial charge in [-0.15, -0.1) is 11.3 Å². The van der Waals surface area contributed by atoms with E-state index in [0.717, 1.165) is 4.70 Å². The van der Waals surface area contributed by atoms with Crippen molar-refractivity contribution in [1.29, 1.82) is 0 Å². The molecule has 0 aliphatic carbocycles. The minimum absolute atomic E-state index is 0.164. The zero-order chi connectivity index (χ0) is 15.3. The molecule has 1 N–H and O–H groups in total. The summed E-state index contributed by atoms with van der Waals surface area (Å²) in [5.74, 6) is -0.728. The van der Waals surface area contributed by atoms with E-state index in [1.165, 1.54) is 11.3 Å². The van der Waals surface area contributed by atoms with Gasteiger partial charge in [0.2, 0.25) is 11.8 Å². The van der Waals surface area contributed by atoms with Crippen LogP contribution in [0, 0.1) is 5.41 Å². The van der Waals surface area contributed by atoms with Crippen LogP contribution in [-0.4, -0.2) is 45.7 Å². The lowest BCUT2D eigenvalue weighted by Crippen LogP contribution is -2.36. The Labute approximate surface area is 129 Å². The highest BCUT2D eigenvalue weighted by atomic mass is 32.1. The highest BCUT2D eigenvalue weighted by Gasteiger charge is 2.52. The standard InChI is InChI=1S/C14H12N4O3S/c19-9-6-14(13(21)16-9)3-5-18(7-14)12(20)11-17-10-8(22-11)2-1-4-15-10/h1-2,4H,3,5-7H2,(H,16,19,21). The normalized spacial score (nSPS) is 24.5. The van der Waals surface area contributed by atoms with E-state index in [1.54, 1.807) is 17.2 Å². The summed E-state index contributed by atoms with van der Waals surface area (Å²) in [7, 11) is 0. The molecule has 3 amide bonds. The number of fused-ring (bicyclic) bond motifs is 1. The highest BCUT2D eigenvalue weighted by Crippen LogP contribution is 2.38. The first-order chi connectivity index (χ1) is 10.6. The summed E-state index contributed by atoms with van der Waals surface area (Å²) in [5, 5.41) is 2.70. The molecule has 4 rings (SSSR count). The number of nitrogens with zero attached hydrogens (tertiary/aromatic N) is 3. The number of imide groups is 1. The van der Waals surface area contributed by atoms with Crippen LogP contribution in [0.15, 0.2) is 18.3 Å². The maximum absolute atomic E-state index is 12.6. The first-order valence-electron chi connectivity index (χ1n) is 6.93. The largest absolute Gasteiger partial charge is 0.335 e. The molecule has 0 radical (unpaired) electrons. The Morgan fingerprint density at radius 2 is 2.27 bits per heavy atom. The second kappa shape index (κ2) is 4.57. The number of hydrogen-bond donors (Lipinski definition) is 1. The van der Waals surface area contributed by atoms with Gasteiger partial charge in [-0.1, -0.05) is 0 Å². The third-order valence-corrected chi connectivity index (χ3v) is 5.22. The first-order valence-corrected chi connectivity index (χ1v) is 7.74. The molecule has 8 heteroatoms. The third-order valence-electron chi connectivity index (χ3n) is 4.22. The van der Waals surface area contributed by atoms with Crippen LogP contribution in [0.5, 0.6) is 0 Å². The Bertz CT molecular complexity index is 784. The molecule has 0 aromatic carbocycles. The molecule has 22 heavy (non-hydrogen) atoms. The van der Waals surface area contributed by atoms with E-state index >= 15 is 0 Å². The van der Waals surface area contributed by atoms with Gasteiger partial charge in [-0.3, -0.25) is 19.7 Å². The minimum Gasteiger partial charge on any atom is -0.335 e. The van der Waals surface area contributed by atoms with Gasteiger partial charge in [0, 0.05) is 25.7 Å². The van der Waals surface area contributed by atoms with Crippen molar-refractivity contribution in [2.45, 2.75) is 12.8 Å². The molecule has 7 nitrogen and oxygen atoms in total. The maximum atomic E-state index is 12.6. The summed E-state index contributed by atoms with van der Waals surface area (Å²) < 4.78 is 0.855. The Morgan fingerprint density at radius 1 is 1.41 bits per heavy atom. The average Bonchev–Trinajstić information content (AvgIpc) is 3.16. The SMILES string of the molecule is O=C1CC2(CCN(C(=O)c3nc4ncccc4s3)C2)C(=O)N1. The summed E-state index contributed by atoms with van der Waals surface area (Å²) in [6.07, 6.45) is 2.31. The lowest BCUT2D eigenvalue weighted by atomic mass is 9.85. The van der Waals surface area contributed by atoms with E-state index in [2.05, 4.69) is 15.3 Å². The zero-order valence-corrected chi connectivity index (χ0v) is 12.4. The number of carbonyl (C=O) groups excluding carboxylic acids is 3. The van der Waals surface area contributed by atoms with Gasteiger partial charge in [0.1, 0.15) is 0 Å². The van der Waals surface area contributed by atoms with Gasteiger partial charge < -0.3 is 4.90 Å². The molecule has 2 aliphatic rings. The predicted octanol–water partition coefficient (Wildman–Crippen LogP) is 0.570. The summed E-state index contributed by atoms with van der Waals surface area (Å²) in [6, 6.07) is 3.67. The first kappa shape index (κ1) is 13.3. The van der Waals surface area contributed by atoms with Crippen LogP contribution in [0.25, 0.3) is 10.3 Å². The fourth-order valence-electron chi connectivity index (χ4n) is 3.06. The van der Waals surface area contributed by atoms with E-state index in [4.69, 9.17) is 0 Å². The second-order valence-corrected chi connectivity index (χ2v) is 6.69. The molecular weight excluding hydrogens is 304 g/mol. The molecule has 2 aromatic rings. The molecule has 112 valence electrons. The van der Waals surface area contributed by atoms with Crippen molar-refractivity contribution in [2.75, 3.05) is 13.1 Å². The van der Waals surface area contributed by atoms with Crippen molar-refractivity contribution >= 4 is 39.4 Å².